The molecule has 0 spiro atoms. The van der Waals surface area contributed by atoms with Gasteiger partial charge in [-0.15, -0.1) is 11.3 Å². The van der Waals surface area contributed by atoms with E-state index < -0.39 is 5.97 Å². The van der Waals surface area contributed by atoms with Crippen molar-refractivity contribution in [1.82, 2.24) is 4.98 Å². The van der Waals surface area contributed by atoms with Crippen LogP contribution in [0, 0.1) is 0 Å². The number of H-pyrrole nitrogens is 1. The van der Waals surface area contributed by atoms with Crippen molar-refractivity contribution in [3.05, 3.63) is 33.6 Å². The maximum atomic E-state index is 11.3. The topological polar surface area (TPSA) is 70.2 Å². The molecule has 2 heterocycles. The molecule has 0 aliphatic heterocycles. The molecule has 13 heavy (non-hydrogen) atoms. The van der Waals surface area contributed by atoms with E-state index in [-0.39, 0.29) is 11.3 Å². The number of aromatic amines is 1. The number of aromatic carboxylic acids is 1. The van der Waals surface area contributed by atoms with E-state index >= 15 is 0 Å². The van der Waals surface area contributed by atoms with Gasteiger partial charge in [0.15, 0.2) is 0 Å². The van der Waals surface area contributed by atoms with Gasteiger partial charge in [0, 0.05) is 5.39 Å². The summed E-state index contributed by atoms with van der Waals surface area (Å²) < 4.78 is 0.560. The largest absolute Gasteiger partial charge is 0.477 e. The van der Waals surface area contributed by atoms with Crippen LogP contribution in [0.15, 0.2) is 22.3 Å². The second kappa shape index (κ2) is 2.70. The number of thiophene rings is 1. The van der Waals surface area contributed by atoms with Crippen LogP contribution in [0.25, 0.3) is 10.1 Å². The molecule has 4 nitrogen and oxygen atoms in total. The molecule has 0 saturated carbocycles. The van der Waals surface area contributed by atoms with E-state index in [1.807, 2.05) is 0 Å². The third-order valence-electron chi connectivity index (χ3n) is 1.68. The molecule has 0 atom stereocenters. The number of aromatic nitrogens is 1. The first-order valence-corrected chi connectivity index (χ1v) is 4.40. The molecule has 5 heteroatoms. The van der Waals surface area contributed by atoms with Crippen molar-refractivity contribution in [2.75, 3.05) is 0 Å². The highest BCUT2D eigenvalue weighted by Crippen LogP contribution is 2.16. The third kappa shape index (κ3) is 1.23. The van der Waals surface area contributed by atoms with Crippen molar-refractivity contribution in [2.45, 2.75) is 0 Å². The first-order chi connectivity index (χ1) is 6.18. The normalized spacial score (nSPS) is 10.5. The zero-order chi connectivity index (χ0) is 9.42. The molecule has 0 aliphatic carbocycles. The number of carboxylic acid groups (broad SMARTS) is 1. The quantitative estimate of drug-likeness (QED) is 0.720. The molecule has 0 bridgehead atoms. The summed E-state index contributed by atoms with van der Waals surface area (Å²) in [4.78, 5) is 24.1. The Morgan fingerprint density at radius 1 is 1.54 bits per heavy atom. The van der Waals surface area contributed by atoms with E-state index in [2.05, 4.69) is 4.98 Å². The van der Waals surface area contributed by atoms with Crippen LogP contribution in [0.5, 0.6) is 0 Å². The minimum absolute atomic E-state index is 0.0732. The average Bonchev–Trinajstić information content (AvgIpc) is 2.51. The number of hydrogen-bond acceptors (Lipinski definition) is 3. The molecule has 2 rings (SSSR count). The Balaban J connectivity index is 2.85. The first-order valence-electron chi connectivity index (χ1n) is 3.52. The van der Waals surface area contributed by atoms with Crippen molar-refractivity contribution in [3.63, 3.8) is 0 Å². The fraction of sp³-hybridized carbons (Fsp3) is 0. The second-order valence-corrected chi connectivity index (χ2v) is 3.44. The number of pyridine rings is 1. The first kappa shape index (κ1) is 8.00. The zero-order valence-corrected chi connectivity index (χ0v) is 7.22. The molecule has 66 valence electrons. The molecule has 0 unspecified atom stereocenters. The van der Waals surface area contributed by atoms with Crippen molar-refractivity contribution in [1.29, 1.82) is 0 Å². The van der Waals surface area contributed by atoms with Crippen molar-refractivity contribution >= 4 is 27.4 Å². The summed E-state index contributed by atoms with van der Waals surface area (Å²) in [5.74, 6) is -1.12. The van der Waals surface area contributed by atoms with Gasteiger partial charge < -0.3 is 10.1 Å². The van der Waals surface area contributed by atoms with E-state index in [1.165, 1.54) is 17.4 Å². The Kier molecular flexibility index (Phi) is 1.66. The number of carboxylic acids is 1. The van der Waals surface area contributed by atoms with E-state index in [0.717, 1.165) is 0 Å². The fourth-order valence-electron chi connectivity index (χ4n) is 1.10. The number of hydrogen-bond donors (Lipinski definition) is 2. The number of nitrogens with one attached hydrogen (secondary N) is 1. The summed E-state index contributed by atoms with van der Waals surface area (Å²) in [7, 11) is 0. The molecule has 0 radical (unpaired) electrons. The lowest BCUT2D eigenvalue weighted by molar-refractivity contribution is 0.0690. The van der Waals surface area contributed by atoms with Gasteiger partial charge in [-0.05, 0) is 17.5 Å². The van der Waals surface area contributed by atoms with Crippen LogP contribution >= 0.6 is 11.3 Å². The number of rotatable bonds is 1. The lowest BCUT2D eigenvalue weighted by atomic mass is 10.3. The summed E-state index contributed by atoms with van der Waals surface area (Å²) in [6.45, 7) is 0. The van der Waals surface area contributed by atoms with Crippen LogP contribution in [0.2, 0.25) is 0 Å². The Morgan fingerprint density at radius 3 is 3.00 bits per heavy atom. The van der Waals surface area contributed by atoms with Crippen molar-refractivity contribution in [3.8, 4) is 0 Å². The van der Waals surface area contributed by atoms with Gasteiger partial charge in [-0.25, -0.2) is 4.79 Å². The highest BCUT2D eigenvalue weighted by atomic mass is 32.1. The monoisotopic (exact) mass is 195 g/mol. The summed E-state index contributed by atoms with van der Waals surface area (Å²) in [6, 6.07) is 3.18. The zero-order valence-electron chi connectivity index (χ0n) is 6.40. The minimum Gasteiger partial charge on any atom is -0.477 e. The molecule has 0 fully saturated rings. The molecule has 2 aromatic heterocycles. The molecule has 0 amide bonds. The van der Waals surface area contributed by atoms with Gasteiger partial charge in [-0.3, -0.25) is 4.79 Å². The van der Waals surface area contributed by atoms with E-state index in [4.69, 9.17) is 5.11 Å². The maximum absolute atomic E-state index is 11.3. The number of fused-ring (bicyclic) bond motifs is 1. The van der Waals surface area contributed by atoms with E-state index in [0.29, 0.717) is 10.1 Å². The summed E-state index contributed by atoms with van der Waals surface area (Å²) in [5.41, 5.74) is -0.416. The van der Waals surface area contributed by atoms with Crippen LogP contribution in [0.4, 0.5) is 0 Å². The Morgan fingerprint density at radius 2 is 2.31 bits per heavy atom. The Labute approximate surface area is 76.5 Å². The molecule has 0 aromatic carbocycles. The van der Waals surface area contributed by atoms with Crippen LogP contribution < -0.4 is 5.56 Å². The van der Waals surface area contributed by atoms with Crippen LogP contribution in [-0.2, 0) is 0 Å². The van der Waals surface area contributed by atoms with Crippen LogP contribution in [-0.4, -0.2) is 16.1 Å². The second-order valence-electron chi connectivity index (χ2n) is 2.52. The Hall–Kier alpha value is -1.62. The SMILES string of the molecule is O=C(O)c1cc2ccsc2c(=O)[nH]1. The van der Waals surface area contributed by atoms with Crippen LogP contribution in [0.1, 0.15) is 10.5 Å². The van der Waals surface area contributed by atoms with E-state index in [1.54, 1.807) is 11.4 Å². The molecule has 0 saturated heterocycles. The summed E-state index contributed by atoms with van der Waals surface area (Å²) in [5, 5.41) is 11.1. The smallest absolute Gasteiger partial charge is 0.352 e. The van der Waals surface area contributed by atoms with Gasteiger partial charge in [0.2, 0.25) is 0 Å². The molecule has 2 N–H and O–H groups in total. The van der Waals surface area contributed by atoms with Gasteiger partial charge in [0.05, 0.1) is 4.70 Å². The van der Waals surface area contributed by atoms with Gasteiger partial charge >= 0.3 is 5.97 Å². The van der Waals surface area contributed by atoms with Gasteiger partial charge in [-0.1, -0.05) is 0 Å². The maximum Gasteiger partial charge on any atom is 0.352 e. The standard InChI is InChI=1S/C8H5NO3S/c10-7-6-4(1-2-13-6)3-5(9-7)8(11)12/h1-3H,(H,9,10)(H,11,12). The lowest BCUT2D eigenvalue weighted by Crippen LogP contribution is -2.11. The highest BCUT2D eigenvalue weighted by molar-refractivity contribution is 7.17. The van der Waals surface area contributed by atoms with Gasteiger partial charge in [0.25, 0.3) is 5.56 Å². The summed E-state index contributed by atoms with van der Waals surface area (Å²) >= 11 is 1.30. The molecular weight excluding hydrogens is 190 g/mol. The average molecular weight is 195 g/mol. The van der Waals surface area contributed by atoms with Gasteiger partial charge in [0.1, 0.15) is 5.69 Å². The molecular formula is C8H5NO3S. The predicted octanol–water partition coefficient (Wildman–Crippen LogP) is 1.29. The Bertz CT molecular complexity index is 525. The van der Waals surface area contributed by atoms with Crippen molar-refractivity contribution in [2.24, 2.45) is 0 Å². The lowest BCUT2D eigenvalue weighted by Gasteiger charge is -1.93. The van der Waals surface area contributed by atoms with E-state index in [9.17, 15) is 9.59 Å². The summed E-state index contributed by atoms with van der Waals surface area (Å²) in [6.07, 6.45) is 0. The van der Waals surface area contributed by atoms with Gasteiger partial charge in [-0.2, -0.15) is 0 Å². The van der Waals surface area contributed by atoms with Crippen LogP contribution in [0.3, 0.4) is 0 Å². The predicted molar refractivity (Wildman–Crippen MR) is 49.4 cm³/mol. The fourth-order valence-corrected chi connectivity index (χ4v) is 1.88. The molecule has 0 aliphatic rings. The third-order valence-corrected chi connectivity index (χ3v) is 2.61. The van der Waals surface area contributed by atoms with Crippen molar-refractivity contribution < 1.29 is 9.90 Å². The number of carbonyl (C=O) groups is 1. The highest BCUT2D eigenvalue weighted by Gasteiger charge is 2.07. The minimum atomic E-state index is -1.12. The molecule has 2 aromatic rings.